The van der Waals surface area contributed by atoms with E-state index in [1.165, 1.54) is 31.4 Å². The molecule has 0 spiro atoms. The molecular weight excluding hydrogens is 236 g/mol. The van der Waals surface area contributed by atoms with E-state index in [-0.39, 0.29) is 0 Å². The van der Waals surface area contributed by atoms with Gasteiger partial charge >= 0.3 is 0 Å². The molecule has 0 aliphatic rings. The Labute approximate surface area is 117 Å². The van der Waals surface area contributed by atoms with Crippen LogP contribution in [-0.4, -0.2) is 31.6 Å². The van der Waals surface area contributed by atoms with Crippen molar-refractivity contribution in [3.8, 4) is 5.75 Å². The Morgan fingerprint density at radius 1 is 1.05 bits per heavy atom. The molecule has 0 aliphatic carbocycles. The van der Waals surface area contributed by atoms with Gasteiger partial charge in [0.2, 0.25) is 0 Å². The molecule has 0 saturated heterocycles. The topological polar surface area (TPSA) is 38.5 Å². The fraction of sp³-hybridized carbons (Fsp3) is 0.625. The standard InChI is InChI=1S/C16H28N2O/c1-3-18(13-7-5-4-6-12-17)14-15-8-10-16(19-2)11-9-15/h8-11H,3-7,12-14,17H2,1-2H3. The minimum atomic E-state index is 0.823. The van der Waals surface area contributed by atoms with Gasteiger partial charge in [0.25, 0.3) is 0 Å². The molecule has 0 saturated carbocycles. The van der Waals surface area contributed by atoms with Gasteiger partial charge in [-0.25, -0.2) is 0 Å². The smallest absolute Gasteiger partial charge is 0.118 e. The summed E-state index contributed by atoms with van der Waals surface area (Å²) in [7, 11) is 1.70. The average molecular weight is 264 g/mol. The molecule has 0 atom stereocenters. The van der Waals surface area contributed by atoms with E-state index in [2.05, 4.69) is 24.0 Å². The highest BCUT2D eigenvalue weighted by atomic mass is 16.5. The van der Waals surface area contributed by atoms with Gasteiger partial charge in [-0.2, -0.15) is 0 Å². The fourth-order valence-corrected chi connectivity index (χ4v) is 2.17. The van der Waals surface area contributed by atoms with Crippen molar-refractivity contribution in [1.82, 2.24) is 4.90 Å². The number of hydrogen-bond donors (Lipinski definition) is 1. The first-order chi connectivity index (χ1) is 9.30. The van der Waals surface area contributed by atoms with E-state index in [9.17, 15) is 0 Å². The van der Waals surface area contributed by atoms with Gasteiger partial charge in [0.05, 0.1) is 7.11 Å². The van der Waals surface area contributed by atoms with Crippen molar-refractivity contribution in [1.29, 1.82) is 0 Å². The van der Waals surface area contributed by atoms with Gasteiger partial charge in [0.1, 0.15) is 5.75 Å². The summed E-state index contributed by atoms with van der Waals surface area (Å²) in [6.45, 7) is 6.35. The zero-order chi connectivity index (χ0) is 13.9. The second kappa shape index (κ2) is 9.82. The van der Waals surface area contributed by atoms with Crippen LogP contribution in [0.2, 0.25) is 0 Å². The quantitative estimate of drug-likeness (QED) is 0.660. The van der Waals surface area contributed by atoms with E-state index >= 15 is 0 Å². The average Bonchev–Trinajstić information content (AvgIpc) is 2.46. The third kappa shape index (κ3) is 6.60. The SMILES string of the molecule is CCN(CCCCCCN)Cc1ccc(OC)cc1. The van der Waals surface area contributed by atoms with Gasteiger partial charge in [-0.1, -0.05) is 31.9 Å². The maximum absolute atomic E-state index is 5.50. The molecule has 0 amide bonds. The van der Waals surface area contributed by atoms with Gasteiger partial charge in [-0.15, -0.1) is 0 Å². The van der Waals surface area contributed by atoms with Crippen LogP contribution < -0.4 is 10.5 Å². The predicted molar refractivity (Wildman–Crippen MR) is 81.5 cm³/mol. The zero-order valence-electron chi connectivity index (χ0n) is 12.4. The summed E-state index contributed by atoms with van der Waals surface area (Å²) in [5.74, 6) is 0.925. The molecule has 0 heterocycles. The first-order valence-electron chi connectivity index (χ1n) is 7.35. The van der Waals surface area contributed by atoms with Crippen LogP contribution in [-0.2, 0) is 6.54 Å². The highest BCUT2D eigenvalue weighted by molar-refractivity contribution is 5.27. The highest BCUT2D eigenvalue weighted by Crippen LogP contribution is 2.13. The lowest BCUT2D eigenvalue weighted by Crippen LogP contribution is -2.24. The number of unbranched alkanes of at least 4 members (excludes halogenated alkanes) is 3. The Morgan fingerprint density at radius 2 is 1.74 bits per heavy atom. The van der Waals surface area contributed by atoms with Crippen molar-refractivity contribution in [3.05, 3.63) is 29.8 Å². The number of nitrogens with zero attached hydrogens (tertiary/aromatic N) is 1. The Morgan fingerprint density at radius 3 is 2.32 bits per heavy atom. The van der Waals surface area contributed by atoms with Gasteiger partial charge < -0.3 is 10.5 Å². The first kappa shape index (κ1) is 16.0. The summed E-state index contributed by atoms with van der Waals surface area (Å²) in [6, 6.07) is 8.36. The Kier molecular flexibility index (Phi) is 8.26. The molecule has 0 fully saturated rings. The molecule has 108 valence electrons. The number of benzene rings is 1. The molecule has 0 bridgehead atoms. The maximum Gasteiger partial charge on any atom is 0.118 e. The summed E-state index contributed by atoms with van der Waals surface area (Å²) in [6.07, 6.45) is 4.97. The first-order valence-corrected chi connectivity index (χ1v) is 7.35. The van der Waals surface area contributed by atoms with Crippen molar-refractivity contribution in [2.75, 3.05) is 26.7 Å². The monoisotopic (exact) mass is 264 g/mol. The van der Waals surface area contributed by atoms with E-state index in [1.807, 2.05) is 12.1 Å². The van der Waals surface area contributed by atoms with E-state index in [4.69, 9.17) is 10.5 Å². The molecule has 3 heteroatoms. The molecule has 0 unspecified atom stereocenters. The van der Waals surface area contributed by atoms with Crippen LogP contribution in [0.15, 0.2) is 24.3 Å². The van der Waals surface area contributed by atoms with Crippen LogP contribution in [0.25, 0.3) is 0 Å². The predicted octanol–water partition coefficient (Wildman–Crippen LogP) is 3.04. The van der Waals surface area contributed by atoms with E-state index in [1.54, 1.807) is 7.11 Å². The molecule has 1 rings (SSSR count). The Hall–Kier alpha value is -1.06. The van der Waals surface area contributed by atoms with E-state index < -0.39 is 0 Å². The largest absolute Gasteiger partial charge is 0.497 e. The van der Waals surface area contributed by atoms with Crippen LogP contribution in [0.5, 0.6) is 5.75 Å². The zero-order valence-corrected chi connectivity index (χ0v) is 12.4. The molecular formula is C16H28N2O. The van der Waals surface area contributed by atoms with Gasteiger partial charge in [-0.3, -0.25) is 4.90 Å². The van der Waals surface area contributed by atoms with E-state index in [0.29, 0.717) is 0 Å². The lowest BCUT2D eigenvalue weighted by molar-refractivity contribution is 0.272. The lowest BCUT2D eigenvalue weighted by Gasteiger charge is -2.20. The summed E-state index contributed by atoms with van der Waals surface area (Å²) >= 11 is 0. The molecule has 0 aliphatic heterocycles. The molecule has 3 nitrogen and oxygen atoms in total. The van der Waals surface area contributed by atoms with Crippen molar-refractivity contribution in [2.45, 2.75) is 39.2 Å². The summed E-state index contributed by atoms with van der Waals surface area (Å²) < 4.78 is 5.18. The molecule has 0 radical (unpaired) electrons. The molecule has 19 heavy (non-hydrogen) atoms. The van der Waals surface area contributed by atoms with Gasteiger partial charge in [0.15, 0.2) is 0 Å². The van der Waals surface area contributed by atoms with E-state index in [0.717, 1.165) is 31.8 Å². The molecule has 1 aromatic carbocycles. The van der Waals surface area contributed by atoms with Crippen LogP contribution in [0.3, 0.4) is 0 Å². The fourth-order valence-electron chi connectivity index (χ4n) is 2.17. The number of methoxy groups -OCH3 is 1. The highest BCUT2D eigenvalue weighted by Gasteiger charge is 2.03. The van der Waals surface area contributed by atoms with Crippen LogP contribution >= 0.6 is 0 Å². The third-order valence-corrected chi connectivity index (χ3v) is 3.44. The number of nitrogens with two attached hydrogens (primary N) is 1. The number of rotatable bonds is 10. The van der Waals surface area contributed by atoms with Crippen molar-refractivity contribution < 1.29 is 4.74 Å². The molecule has 0 aromatic heterocycles. The molecule has 1 aromatic rings. The summed E-state index contributed by atoms with van der Waals surface area (Å²) in [5, 5.41) is 0. The van der Waals surface area contributed by atoms with Crippen molar-refractivity contribution >= 4 is 0 Å². The second-order valence-electron chi connectivity index (χ2n) is 4.92. The lowest BCUT2D eigenvalue weighted by atomic mass is 10.1. The second-order valence-corrected chi connectivity index (χ2v) is 4.92. The van der Waals surface area contributed by atoms with Crippen LogP contribution in [0.1, 0.15) is 38.2 Å². The number of ether oxygens (including phenoxy) is 1. The maximum atomic E-state index is 5.50. The third-order valence-electron chi connectivity index (χ3n) is 3.44. The minimum Gasteiger partial charge on any atom is -0.497 e. The minimum absolute atomic E-state index is 0.823. The van der Waals surface area contributed by atoms with Crippen LogP contribution in [0.4, 0.5) is 0 Å². The summed E-state index contributed by atoms with van der Waals surface area (Å²) in [4.78, 5) is 2.49. The summed E-state index contributed by atoms with van der Waals surface area (Å²) in [5.41, 5.74) is 6.85. The van der Waals surface area contributed by atoms with Crippen LogP contribution in [0, 0.1) is 0 Å². The number of hydrogen-bond acceptors (Lipinski definition) is 3. The Balaban J connectivity index is 2.30. The van der Waals surface area contributed by atoms with Crippen molar-refractivity contribution in [2.24, 2.45) is 5.73 Å². The normalized spacial score (nSPS) is 10.9. The Bertz CT molecular complexity index is 324. The molecule has 2 N–H and O–H groups in total. The van der Waals surface area contributed by atoms with Crippen molar-refractivity contribution in [3.63, 3.8) is 0 Å². The van der Waals surface area contributed by atoms with Gasteiger partial charge in [0, 0.05) is 6.54 Å². The van der Waals surface area contributed by atoms with Gasteiger partial charge in [-0.05, 0) is 50.2 Å².